The minimum absolute atomic E-state index is 0.0359. The summed E-state index contributed by atoms with van der Waals surface area (Å²) in [6, 6.07) is 7.14. The molecule has 0 aliphatic carbocycles. The maximum Gasteiger partial charge on any atom is 0.412 e. The van der Waals surface area contributed by atoms with Crippen molar-refractivity contribution in [1.29, 1.82) is 0 Å². The van der Waals surface area contributed by atoms with E-state index >= 15 is 0 Å². The average Bonchev–Trinajstić information content (AvgIpc) is 2.63. The third-order valence-corrected chi connectivity index (χ3v) is 2.97. The Hall–Kier alpha value is -2.94. The summed E-state index contributed by atoms with van der Waals surface area (Å²) in [6.07, 6.45) is 0.0481. The predicted molar refractivity (Wildman–Crippen MR) is 86.2 cm³/mol. The van der Waals surface area contributed by atoms with Crippen molar-refractivity contribution in [3.8, 4) is 11.8 Å². The first-order chi connectivity index (χ1) is 12.1. The van der Waals surface area contributed by atoms with Crippen LogP contribution in [0, 0.1) is 5.82 Å². The SMILES string of the molecule is COCCOC(=O)Nc1nc(OCc2cccc(OC)c2)ncc1F. The summed E-state index contributed by atoms with van der Waals surface area (Å²) in [6.45, 7) is 0.420. The van der Waals surface area contributed by atoms with Crippen LogP contribution < -0.4 is 14.8 Å². The molecule has 25 heavy (non-hydrogen) atoms. The quantitative estimate of drug-likeness (QED) is 0.730. The van der Waals surface area contributed by atoms with Crippen molar-refractivity contribution in [2.24, 2.45) is 0 Å². The van der Waals surface area contributed by atoms with E-state index in [1.54, 1.807) is 19.2 Å². The molecule has 0 saturated carbocycles. The monoisotopic (exact) mass is 351 g/mol. The van der Waals surface area contributed by atoms with Gasteiger partial charge in [0.2, 0.25) is 0 Å². The molecule has 0 unspecified atom stereocenters. The van der Waals surface area contributed by atoms with Crippen LogP contribution in [0.1, 0.15) is 5.56 Å². The van der Waals surface area contributed by atoms with Crippen molar-refractivity contribution in [1.82, 2.24) is 9.97 Å². The lowest BCUT2D eigenvalue weighted by atomic mass is 10.2. The maximum atomic E-state index is 13.7. The molecule has 8 nitrogen and oxygen atoms in total. The molecule has 2 rings (SSSR count). The van der Waals surface area contributed by atoms with E-state index in [9.17, 15) is 9.18 Å². The van der Waals surface area contributed by atoms with E-state index < -0.39 is 11.9 Å². The lowest BCUT2D eigenvalue weighted by molar-refractivity contribution is 0.107. The van der Waals surface area contributed by atoms with E-state index in [-0.39, 0.29) is 31.6 Å². The van der Waals surface area contributed by atoms with Gasteiger partial charge < -0.3 is 18.9 Å². The van der Waals surface area contributed by atoms with Crippen molar-refractivity contribution in [2.45, 2.75) is 6.61 Å². The van der Waals surface area contributed by atoms with E-state index in [4.69, 9.17) is 18.9 Å². The molecule has 0 radical (unpaired) electrons. The number of aromatic nitrogens is 2. The minimum Gasteiger partial charge on any atom is -0.497 e. The lowest BCUT2D eigenvalue weighted by Gasteiger charge is -2.09. The Balaban J connectivity index is 1.96. The van der Waals surface area contributed by atoms with Crippen LogP contribution in [0.4, 0.5) is 15.0 Å². The summed E-state index contributed by atoms with van der Waals surface area (Å²) in [5.41, 5.74) is 0.820. The molecule has 9 heteroatoms. The first-order valence-corrected chi connectivity index (χ1v) is 7.33. The number of carbonyl (C=O) groups is 1. The van der Waals surface area contributed by atoms with Gasteiger partial charge in [-0.05, 0) is 17.7 Å². The van der Waals surface area contributed by atoms with Crippen LogP contribution in [-0.4, -0.2) is 43.5 Å². The van der Waals surface area contributed by atoms with Crippen LogP contribution in [0.15, 0.2) is 30.5 Å². The number of amides is 1. The highest BCUT2D eigenvalue weighted by molar-refractivity contribution is 5.83. The number of nitrogens with one attached hydrogen (secondary N) is 1. The van der Waals surface area contributed by atoms with Gasteiger partial charge in [-0.2, -0.15) is 4.98 Å². The molecule has 0 atom stereocenters. The number of hydrogen-bond donors (Lipinski definition) is 1. The topological polar surface area (TPSA) is 91.8 Å². The van der Waals surface area contributed by atoms with Gasteiger partial charge in [0.25, 0.3) is 0 Å². The zero-order chi connectivity index (χ0) is 18.1. The first kappa shape index (κ1) is 18.4. The largest absolute Gasteiger partial charge is 0.497 e. The number of hydrogen-bond acceptors (Lipinski definition) is 7. The Kier molecular flexibility index (Phi) is 6.90. The molecule has 1 N–H and O–H groups in total. The molecule has 0 saturated heterocycles. The third-order valence-electron chi connectivity index (χ3n) is 2.97. The number of ether oxygens (including phenoxy) is 4. The molecular formula is C16H18FN3O5. The molecule has 1 aromatic carbocycles. The van der Waals surface area contributed by atoms with Crippen LogP contribution in [0.3, 0.4) is 0 Å². The highest BCUT2D eigenvalue weighted by atomic mass is 19.1. The van der Waals surface area contributed by atoms with Crippen molar-refractivity contribution < 1.29 is 28.1 Å². The van der Waals surface area contributed by atoms with Crippen molar-refractivity contribution in [3.63, 3.8) is 0 Å². The summed E-state index contributed by atoms with van der Waals surface area (Å²) >= 11 is 0. The molecule has 1 aromatic heterocycles. The molecule has 0 aliphatic rings. The molecule has 0 aliphatic heterocycles. The first-order valence-electron chi connectivity index (χ1n) is 7.33. The average molecular weight is 351 g/mol. The molecule has 0 fully saturated rings. The Morgan fingerprint density at radius 1 is 1.28 bits per heavy atom. The zero-order valence-electron chi connectivity index (χ0n) is 13.8. The summed E-state index contributed by atoms with van der Waals surface area (Å²) in [4.78, 5) is 19.1. The minimum atomic E-state index is -0.853. The van der Waals surface area contributed by atoms with Crippen molar-refractivity contribution in [3.05, 3.63) is 41.8 Å². The second-order valence-electron chi connectivity index (χ2n) is 4.74. The Labute approximate surface area is 143 Å². The maximum absolute atomic E-state index is 13.7. The van der Waals surface area contributed by atoms with Gasteiger partial charge in [-0.15, -0.1) is 0 Å². The van der Waals surface area contributed by atoms with Gasteiger partial charge in [-0.1, -0.05) is 12.1 Å². The predicted octanol–water partition coefficient (Wildman–Crippen LogP) is 2.40. The molecule has 0 spiro atoms. The third kappa shape index (κ3) is 5.88. The van der Waals surface area contributed by atoms with Gasteiger partial charge in [-0.25, -0.2) is 14.2 Å². The van der Waals surface area contributed by atoms with Gasteiger partial charge in [-0.3, -0.25) is 5.32 Å². The van der Waals surface area contributed by atoms with Gasteiger partial charge in [0.15, 0.2) is 11.6 Å². The summed E-state index contributed by atoms with van der Waals surface area (Å²) in [5.74, 6) is -0.460. The fourth-order valence-electron chi connectivity index (χ4n) is 1.77. The van der Waals surface area contributed by atoms with E-state index in [2.05, 4.69) is 15.3 Å². The van der Waals surface area contributed by atoms with Crippen molar-refractivity contribution >= 4 is 11.9 Å². The fourth-order valence-corrected chi connectivity index (χ4v) is 1.77. The fraction of sp³-hybridized carbons (Fsp3) is 0.312. The van der Waals surface area contributed by atoms with Gasteiger partial charge >= 0.3 is 12.1 Å². The van der Waals surface area contributed by atoms with Crippen LogP contribution in [0.5, 0.6) is 11.8 Å². The van der Waals surface area contributed by atoms with E-state index in [1.807, 2.05) is 12.1 Å². The molecule has 1 amide bonds. The van der Waals surface area contributed by atoms with E-state index in [0.29, 0.717) is 5.75 Å². The smallest absolute Gasteiger partial charge is 0.412 e. The molecule has 0 bridgehead atoms. The molecular weight excluding hydrogens is 333 g/mol. The lowest BCUT2D eigenvalue weighted by Crippen LogP contribution is -2.18. The van der Waals surface area contributed by atoms with E-state index in [0.717, 1.165) is 11.8 Å². The second-order valence-corrected chi connectivity index (χ2v) is 4.74. The van der Waals surface area contributed by atoms with Gasteiger partial charge in [0.1, 0.15) is 19.0 Å². The van der Waals surface area contributed by atoms with Crippen molar-refractivity contribution in [2.75, 3.05) is 32.8 Å². The van der Waals surface area contributed by atoms with Crippen LogP contribution in [-0.2, 0) is 16.1 Å². The zero-order valence-corrected chi connectivity index (χ0v) is 13.8. The highest BCUT2D eigenvalue weighted by Gasteiger charge is 2.12. The summed E-state index contributed by atoms with van der Waals surface area (Å²) in [5, 5.41) is 2.18. The number of anilines is 1. The number of rotatable bonds is 8. The number of halogens is 1. The number of benzene rings is 1. The molecule has 1 heterocycles. The van der Waals surface area contributed by atoms with Crippen LogP contribution in [0.25, 0.3) is 0 Å². The Bertz CT molecular complexity index is 714. The standard InChI is InChI=1S/C16H18FN3O5/c1-22-6-7-24-16(21)20-14-13(17)9-18-15(19-14)25-10-11-4-3-5-12(8-11)23-2/h3-5,8-9H,6-7,10H2,1-2H3,(H,18,19,20,21). The van der Waals surface area contributed by atoms with Crippen LogP contribution in [0.2, 0.25) is 0 Å². The Morgan fingerprint density at radius 2 is 2.12 bits per heavy atom. The molecule has 2 aromatic rings. The summed E-state index contributed by atoms with van der Waals surface area (Å²) in [7, 11) is 3.03. The number of carbonyl (C=O) groups excluding carboxylic acids is 1. The Morgan fingerprint density at radius 3 is 2.88 bits per heavy atom. The normalized spacial score (nSPS) is 10.2. The number of nitrogens with zero attached hydrogens (tertiary/aromatic N) is 2. The van der Waals surface area contributed by atoms with Crippen LogP contribution >= 0.6 is 0 Å². The highest BCUT2D eigenvalue weighted by Crippen LogP contribution is 2.17. The summed E-state index contributed by atoms with van der Waals surface area (Å²) < 4.78 is 33.7. The number of methoxy groups -OCH3 is 2. The van der Waals surface area contributed by atoms with Gasteiger partial charge in [0, 0.05) is 7.11 Å². The molecule has 134 valence electrons. The van der Waals surface area contributed by atoms with E-state index in [1.165, 1.54) is 7.11 Å². The van der Waals surface area contributed by atoms with Gasteiger partial charge in [0.05, 0.1) is 19.9 Å². The second kappa shape index (κ2) is 9.38.